The quantitative estimate of drug-likeness (QED) is 0.305. The molecule has 3 rings (SSSR count). The van der Waals surface area contributed by atoms with Gasteiger partial charge in [0.15, 0.2) is 0 Å². The van der Waals surface area contributed by atoms with Gasteiger partial charge < -0.3 is 9.64 Å². The Kier molecular flexibility index (Phi) is 8.04. The Bertz CT molecular complexity index is 1280. The smallest absolute Gasteiger partial charge is 0.342 e. The number of esters is 1. The summed E-state index contributed by atoms with van der Waals surface area (Å²) in [7, 11) is -3.94. The topological polar surface area (TPSA) is 153 Å². The Labute approximate surface area is 209 Å². The molecule has 1 aliphatic rings. The Morgan fingerprint density at radius 1 is 1.17 bits per heavy atom. The first kappa shape index (κ1) is 27.1. The number of non-ortho nitro benzene ring substituents is 1. The molecule has 1 saturated heterocycles. The third-order valence-corrected chi connectivity index (χ3v) is 7.69. The van der Waals surface area contributed by atoms with Crippen LogP contribution >= 0.6 is 0 Å². The van der Waals surface area contributed by atoms with Crippen LogP contribution in [0.2, 0.25) is 0 Å². The number of aromatic nitrogens is 2. The van der Waals surface area contributed by atoms with E-state index in [2.05, 4.69) is 9.97 Å². The van der Waals surface area contributed by atoms with E-state index in [-0.39, 0.29) is 54.0 Å². The highest BCUT2D eigenvalue weighted by Crippen LogP contribution is 2.25. The summed E-state index contributed by atoms with van der Waals surface area (Å²) in [5.41, 5.74) is 0.0371. The lowest BCUT2D eigenvalue weighted by atomic mass is 10.1. The number of rotatable bonds is 7. The summed E-state index contributed by atoms with van der Waals surface area (Å²) in [6.07, 6.45) is 0. The third-order valence-electron chi connectivity index (χ3n) is 5.66. The molecule has 0 saturated carbocycles. The number of nitro groups is 1. The number of piperazine rings is 1. The normalized spacial score (nSPS) is 16.7. The molecule has 194 valence electrons. The first-order valence-corrected chi connectivity index (χ1v) is 12.8. The average Bonchev–Trinajstić information content (AvgIpc) is 2.81. The van der Waals surface area contributed by atoms with Crippen LogP contribution in [0.5, 0.6) is 0 Å². The zero-order valence-corrected chi connectivity index (χ0v) is 21.6. The molecule has 2 heterocycles. The zero-order valence-electron chi connectivity index (χ0n) is 20.8. The number of amides is 1. The number of ether oxygens (including phenoxy) is 1. The fraction of sp³-hybridized carbons (Fsp3) is 0.478. The second-order valence-electron chi connectivity index (χ2n) is 9.04. The van der Waals surface area contributed by atoms with E-state index in [1.54, 1.807) is 20.8 Å². The number of nitro benzene ring substituents is 1. The average molecular weight is 520 g/mol. The highest BCUT2D eigenvalue weighted by molar-refractivity contribution is 7.89. The number of benzene rings is 1. The molecule has 1 amide bonds. The molecule has 0 radical (unpaired) electrons. The van der Waals surface area contributed by atoms with Gasteiger partial charge in [0.25, 0.3) is 11.6 Å². The second-order valence-corrected chi connectivity index (χ2v) is 10.9. The summed E-state index contributed by atoms with van der Waals surface area (Å²) >= 11 is 0. The Balaban J connectivity index is 1.82. The van der Waals surface area contributed by atoms with Gasteiger partial charge >= 0.3 is 5.97 Å². The standard InChI is InChI=1S/C23H29N5O7S/c1-14(2)13-35-23(30)20-16(4)24-17(5)25-21(20)22(29)26-10-11-27(15(3)12-26)36(33,34)19-8-6-18(7-9-19)28(31)32/h6-9,14-15H,10-13H2,1-5H3. The van der Waals surface area contributed by atoms with Crippen molar-refractivity contribution in [2.24, 2.45) is 5.92 Å². The van der Waals surface area contributed by atoms with Crippen LogP contribution in [-0.2, 0) is 14.8 Å². The summed E-state index contributed by atoms with van der Waals surface area (Å²) in [4.78, 5) is 46.3. The van der Waals surface area contributed by atoms with Crippen LogP contribution in [0.15, 0.2) is 29.2 Å². The van der Waals surface area contributed by atoms with Crippen molar-refractivity contribution in [1.29, 1.82) is 0 Å². The molecule has 12 nitrogen and oxygen atoms in total. The number of hydrogen-bond donors (Lipinski definition) is 0. The first-order valence-electron chi connectivity index (χ1n) is 11.4. The van der Waals surface area contributed by atoms with Crippen molar-refractivity contribution in [3.63, 3.8) is 0 Å². The van der Waals surface area contributed by atoms with E-state index in [4.69, 9.17) is 4.74 Å². The molecule has 1 atom stereocenters. The highest BCUT2D eigenvalue weighted by Gasteiger charge is 2.37. The molecule has 13 heteroatoms. The number of hydrogen-bond acceptors (Lipinski definition) is 9. The maximum atomic E-state index is 13.4. The molecule has 0 bridgehead atoms. The van der Waals surface area contributed by atoms with Gasteiger partial charge in [-0.15, -0.1) is 0 Å². The predicted molar refractivity (Wildman–Crippen MR) is 129 cm³/mol. The van der Waals surface area contributed by atoms with Gasteiger partial charge in [-0.25, -0.2) is 23.2 Å². The fourth-order valence-corrected chi connectivity index (χ4v) is 5.55. The molecule has 1 unspecified atom stereocenters. The van der Waals surface area contributed by atoms with E-state index in [0.717, 1.165) is 12.1 Å². The minimum atomic E-state index is -3.94. The van der Waals surface area contributed by atoms with Crippen LogP contribution in [0, 0.1) is 29.9 Å². The summed E-state index contributed by atoms with van der Waals surface area (Å²) in [6.45, 7) is 8.98. The van der Waals surface area contributed by atoms with Crippen LogP contribution in [0.25, 0.3) is 0 Å². The number of aryl methyl sites for hydroxylation is 2. The summed E-state index contributed by atoms with van der Waals surface area (Å²) < 4.78 is 32.9. The second kappa shape index (κ2) is 10.7. The maximum Gasteiger partial charge on any atom is 0.342 e. The van der Waals surface area contributed by atoms with E-state index in [9.17, 15) is 28.1 Å². The van der Waals surface area contributed by atoms with Gasteiger partial charge in [-0.1, -0.05) is 13.8 Å². The maximum absolute atomic E-state index is 13.4. The van der Waals surface area contributed by atoms with Crippen molar-refractivity contribution in [1.82, 2.24) is 19.2 Å². The van der Waals surface area contributed by atoms with Crippen molar-refractivity contribution in [2.75, 3.05) is 26.2 Å². The highest BCUT2D eigenvalue weighted by atomic mass is 32.2. The van der Waals surface area contributed by atoms with Gasteiger partial charge in [-0.05, 0) is 38.8 Å². The molecule has 2 aromatic rings. The molecular weight excluding hydrogens is 490 g/mol. The van der Waals surface area contributed by atoms with E-state index < -0.39 is 32.9 Å². The van der Waals surface area contributed by atoms with Crippen molar-refractivity contribution in [3.8, 4) is 0 Å². The SMILES string of the molecule is Cc1nc(C)c(C(=O)OCC(C)C)c(C(=O)N2CCN(S(=O)(=O)c3ccc([N+](=O)[O-])cc3)C(C)C2)n1. The van der Waals surface area contributed by atoms with Gasteiger partial charge in [0, 0.05) is 37.8 Å². The van der Waals surface area contributed by atoms with Crippen molar-refractivity contribution >= 4 is 27.6 Å². The fourth-order valence-electron chi connectivity index (χ4n) is 3.93. The van der Waals surface area contributed by atoms with Gasteiger partial charge in [0.2, 0.25) is 10.0 Å². The molecule has 1 aliphatic heterocycles. The first-order chi connectivity index (χ1) is 16.8. The third kappa shape index (κ3) is 5.68. The lowest BCUT2D eigenvalue weighted by Crippen LogP contribution is -2.55. The Morgan fingerprint density at radius 2 is 1.81 bits per heavy atom. The largest absolute Gasteiger partial charge is 0.462 e. The lowest BCUT2D eigenvalue weighted by molar-refractivity contribution is -0.384. The van der Waals surface area contributed by atoms with Crippen molar-refractivity contribution < 1.29 is 27.7 Å². The number of carbonyl (C=O) groups excluding carboxylic acids is 2. The molecular formula is C23H29N5O7S. The van der Waals surface area contributed by atoms with Crippen LogP contribution in [0.1, 0.15) is 53.1 Å². The van der Waals surface area contributed by atoms with E-state index in [1.165, 1.54) is 21.3 Å². The molecule has 0 spiro atoms. The van der Waals surface area contributed by atoms with Gasteiger partial charge in [-0.2, -0.15) is 4.31 Å². The van der Waals surface area contributed by atoms with Gasteiger partial charge in [0.1, 0.15) is 17.1 Å². The van der Waals surface area contributed by atoms with E-state index >= 15 is 0 Å². The Morgan fingerprint density at radius 3 is 2.36 bits per heavy atom. The monoisotopic (exact) mass is 519 g/mol. The lowest BCUT2D eigenvalue weighted by Gasteiger charge is -2.38. The summed E-state index contributed by atoms with van der Waals surface area (Å²) in [5, 5.41) is 10.9. The predicted octanol–water partition coefficient (Wildman–Crippen LogP) is 2.35. The molecule has 36 heavy (non-hydrogen) atoms. The van der Waals surface area contributed by atoms with Crippen molar-refractivity contribution in [2.45, 2.75) is 45.6 Å². The van der Waals surface area contributed by atoms with Gasteiger partial charge in [-0.3, -0.25) is 14.9 Å². The van der Waals surface area contributed by atoms with Gasteiger partial charge in [0.05, 0.1) is 22.1 Å². The zero-order chi connectivity index (χ0) is 26.8. The van der Waals surface area contributed by atoms with Crippen molar-refractivity contribution in [3.05, 3.63) is 57.2 Å². The van der Waals surface area contributed by atoms with Crippen LogP contribution in [0.3, 0.4) is 0 Å². The molecule has 0 N–H and O–H groups in total. The summed E-state index contributed by atoms with van der Waals surface area (Å²) in [6, 6.07) is 4.06. The van der Waals surface area contributed by atoms with E-state index in [1.807, 2.05) is 13.8 Å². The number of carbonyl (C=O) groups is 2. The van der Waals surface area contributed by atoms with Crippen LogP contribution in [0.4, 0.5) is 5.69 Å². The Hall–Kier alpha value is -3.45. The van der Waals surface area contributed by atoms with E-state index in [0.29, 0.717) is 11.5 Å². The number of sulfonamides is 1. The molecule has 1 fully saturated rings. The molecule has 0 aliphatic carbocycles. The minimum Gasteiger partial charge on any atom is -0.462 e. The number of nitrogens with zero attached hydrogens (tertiary/aromatic N) is 5. The molecule has 1 aromatic carbocycles. The van der Waals surface area contributed by atoms with Crippen LogP contribution < -0.4 is 0 Å². The molecule has 1 aromatic heterocycles. The van der Waals surface area contributed by atoms with Crippen LogP contribution in [-0.4, -0.2) is 76.7 Å². The minimum absolute atomic E-state index is 0.000154. The summed E-state index contributed by atoms with van der Waals surface area (Å²) in [5.74, 6) is -0.772.